The lowest BCUT2D eigenvalue weighted by molar-refractivity contribution is 0.316. The Balaban J connectivity index is 2.26. The molecule has 1 aromatic carbocycles. The normalized spacial score (nSPS) is 13.6. The first-order valence-corrected chi connectivity index (χ1v) is 6.40. The first-order chi connectivity index (χ1) is 8.65. The van der Waals surface area contributed by atoms with Gasteiger partial charge in [0.2, 0.25) is 0 Å². The van der Waals surface area contributed by atoms with Crippen LogP contribution in [0.25, 0.3) is 0 Å². The number of unbranched alkanes of at least 4 members (excludes halogenated alkanes) is 1. The van der Waals surface area contributed by atoms with Crippen molar-refractivity contribution in [1.29, 1.82) is 0 Å². The topological polar surface area (TPSA) is 70.6 Å². The van der Waals surface area contributed by atoms with Crippen molar-refractivity contribution < 1.29 is 5.21 Å². The summed E-state index contributed by atoms with van der Waals surface area (Å²) in [6.07, 6.45) is 2.60. The zero-order chi connectivity index (χ0) is 13.4. The number of aryl methyl sites for hydroxylation is 1. The number of hydrogen-bond donors (Lipinski definition) is 3. The molecule has 0 aliphatic rings. The van der Waals surface area contributed by atoms with Gasteiger partial charge in [-0.2, -0.15) is 0 Å². The second kappa shape index (κ2) is 7.71. The van der Waals surface area contributed by atoms with Gasteiger partial charge in [-0.15, -0.1) is 0 Å². The largest absolute Gasteiger partial charge is 0.409 e. The lowest BCUT2D eigenvalue weighted by Gasteiger charge is -2.16. The van der Waals surface area contributed by atoms with Crippen LogP contribution in [-0.2, 0) is 0 Å². The van der Waals surface area contributed by atoms with Crippen LogP contribution in [-0.4, -0.2) is 17.6 Å². The molecule has 0 radical (unpaired) electrons. The van der Waals surface area contributed by atoms with Crippen LogP contribution in [0.15, 0.2) is 29.4 Å². The predicted octanol–water partition coefficient (Wildman–Crippen LogP) is 2.56. The highest BCUT2D eigenvalue weighted by molar-refractivity contribution is 5.79. The standard InChI is InChI=1S/C14H23N3O/c1-11-7-3-4-8-13(11)12(2)16-10-6-5-9-14(15)17-18/h3-4,7-8,12,16,18H,5-6,9-10H2,1-2H3,(H2,15,17). The van der Waals surface area contributed by atoms with E-state index in [2.05, 4.69) is 48.6 Å². The number of oxime groups is 1. The number of benzene rings is 1. The lowest BCUT2D eigenvalue weighted by Crippen LogP contribution is -2.21. The van der Waals surface area contributed by atoms with E-state index in [0.717, 1.165) is 19.4 Å². The first kappa shape index (κ1) is 14.5. The van der Waals surface area contributed by atoms with Crippen molar-refractivity contribution in [2.75, 3.05) is 6.54 Å². The average molecular weight is 249 g/mol. The molecular formula is C14H23N3O. The van der Waals surface area contributed by atoms with Crippen LogP contribution in [0.3, 0.4) is 0 Å². The van der Waals surface area contributed by atoms with Gasteiger partial charge in [0.05, 0.1) is 0 Å². The molecule has 0 aromatic heterocycles. The van der Waals surface area contributed by atoms with Gasteiger partial charge in [-0.25, -0.2) is 0 Å². The van der Waals surface area contributed by atoms with Gasteiger partial charge in [-0.3, -0.25) is 0 Å². The highest BCUT2D eigenvalue weighted by Gasteiger charge is 2.06. The molecule has 4 N–H and O–H groups in total. The van der Waals surface area contributed by atoms with Crippen LogP contribution in [0, 0.1) is 6.92 Å². The van der Waals surface area contributed by atoms with Crippen molar-refractivity contribution in [2.24, 2.45) is 10.9 Å². The van der Waals surface area contributed by atoms with Crippen LogP contribution in [0.4, 0.5) is 0 Å². The maximum absolute atomic E-state index is 8.41. The second-order valence-corrected chi connectivity index (χ2v) is 4.58. The van der Waals surface area contributed by atoms with Gasteiger partial charge >= 0.3 is 0 Å². The van der Waals surface area contributed by atoms with Crippen molar-refractivity contribution in [1.82, 2.24) is 5.32 Å². The molecule has 0 bridgehead atoms. The molecule has 18 heavy (non-hydrogen) atoms. The van der Waals surface area contributed by atoms with E-state index in [1.807, 2.05) is 0 Å². The Morgan fingerprint density at radius 3 is 2.78 bits per heavy atom. The summed E-state index contributed by atoms with van der Waals surface area (Å²) in [5.41, 5.74) is 8.06. The van der Waals surface area contributed by atoms with E-state index < -0.39 is 0 Å². The quantitative estimate of drug-likeness (QED) is 0.229. The molecule has 1 aromatic rings. The van der Waals surface area contributed by atoms with Crippen LogP contribution < -0.4 is 11.1 Å². The molecule has 4 heteroatoms. The minimum absolute atomic E-state index is 0.307. The maximum atomic E-state index is 8.41. The third-order valence-electron chi connectivity index (χ3n) is 3.09. The molecule has 0 fully saturated rings. The summed E-state index contributed by atoms with van der Waals surface area (Å²) in [5.74, 6) is 0.307. The van der Waals surface area contributed by atoms with Crippen LogP contribution >= 0.6 is 0 Å². The number of nitrogens with zero attached hydrogens (tertiary/aromatic N) is 1. The van der Waals surface area contributed by atoms with Crippen molar-refractivity contribution >= 4 is 5.84 Å². The zero-order valence-corrected chi connectivity index (χ0v) is 11.2. The van der Waals surface area contributed by atoms with Crippen LogP contribution in [0.2, 0.25) is 0 Å². The summed E-state index contributed by atoms with van der Waals surface area (Å²) in [6, 6.07) is 8.77. The zero-order valence-electron chi connectivity index (χ0n) is 11.2. The Labute approximate surface area is 109 Å². The molecule has 1 unspecified atom stereocenters. The van der Waals surface area contributed by atoms with Crippen molar-refractivity contribution in [3.8, 4) is 0 Å². The fraction of sp³-hybridized carbons (Fsp3) is 0.500. The van der Waals surface area contributed by atoms with Crippen molar-refractivity contribution in [2.45, 2.75) is 39.2 Å². The molecule has 100 valence electrons. The molecule has 0 saturated heterocycles. The van der Waals surface area contributed by atoms with Crippen molar-refractivity contribution in [3.05, 3.63) is 35.4 Å². The smallest absolute Gasteiger partial charge is 0.139 e. The highest BCUT2D eigenvalue weighted by Crippen LogP contribution is 2.16. The molecule has 1 rings (SSSR count). The van der Waals surface area contributed by atoms with Crippen molar-refractivity contribution in [3.63, 3.8) is 0 Å². The Morgan fingerprint density at radius 1 is 1.39 bits per heavy atom. The number of hydrogen-bond acceptors (Lipinski definition) is 3. The fourth-order valence-electron chi connectivity index (χ4n) is 1.98. The van der Waals surface area contributed by atoms with E-state index >= 15 is 0 Å². The SMILES string of the molecule is Cc1ccccc1C(C)NCCCCC(N)=NO. The Hall–Kier alpha value is -1.55. The van der Waals surface area contributed by atoms with Gasteiger partial charge in [0.25, 0.3) is 0 Å². The van der Waals surface area contributed by atoms with E-state index in [4.69, 9.17) is 10.9 Å². The lowest BCUT2D eigenvalue weighted by atomic mass is 10.0. The van der Waals surface area contributed by atoms with E-state index in [0.29, 0.717) is 18.3 Å². The third kappa shape index (κ3) is 4.75. The summed E-state index contributed by atoms with van der Waals surface area (Å²) in [7, 11) is 0. The molecule has 0 saturated carbocycles. The Morgan fingerprint density at radius 2 is 2.11 bits per heavy atom. The predicted molar refractivity (Wildman–Crippen MR) is 74.9 cm³/mol. The van der Waals surface area contributed by atoms with E-state index in [9.17, 15) is 0 Å². The average Bonchev–Trinajstić information content (AvgIpc) is 2.38. The molecule has 1 atom stereocenters. The molecule has 0 heterocycles. The van der Waals surface area contributed by atoms with Gasteiger partial charge in [0, 0.05) is 12.5 Å². The summed E-state index contributed by atoms with van der Waals surface area (Å²) in [6.45, 7) is 5.24. The monoisotopic (exact) mass is 249 g/mol. The van der Waals surface area contributed by atoms with E-state index in [1.165, 1.54) is 11.1 Å². The molecular weight excluding hydrogens is 226 g/mol. The summed E-state index contributed by atoms with van der Waals surface area (Å²) in [4.78, 5) is 0. The van der Waals surface area contributed by atoms with E-state index in [-0.39, 0.29) is 0 Å². The number of nitrogens with one attached hydrogen (secondary N) is 1. The number of amidine groups is 1. The molecule has 0 aliphatic carbocycles. The highest BCUT2D eigenvalue weighted by atomic mass is 16.4. The number of rotatable bonds is 7. The Kier molecular flexibility index (Phi) is 6.22. The van der Waals surface area contributed by atoms with Gasteiger partial charge in [-0.05, 0) is 44.4 Å². The third-order valence-corrected chi connectivity index (χ3v) is 3.09. The minimum atomic E-state index is 0.307. The van der Waals surface area contributed by atoms with Gasteiger partial charge in [-0.1, -0.05) is 29.4 Å². The van der Waals surface area contributed by atoms with Crippen LogP contribution in [0.5, 0.6) is 0 Å². The van der Waals surface area contributed by atoms with Crippen LogP contribution in [0.1, 0.15) is 43.4 Å². The first-order valence-electron chi connectivity index (χ1n) is 6.40. The summed E-state index contributed by atoms with van der Waals surface area (Å²) >= 11 is 0. The molecule has 0 aliphatic heterocycles. The fourth-order valence-corrected chi connectivity index (χ4v) is 1.98. The van der Waals surface area contributed by atoms with Gasteiger partial charge in [0.1, 0.15) is 5.84 Å². The summed E-state index contributed by atoms with van der Waals surface area (Å²) in [5, 5.41) is 14.8. The summed E-state index contributed by atoms with van der Waals surface area (Å²) < 4.78 is 0. The van der Waals surface area contributed by atoms with E-state index in [1.54, 1.807) is 0 Å². The second-order valence-electron chi connectivity index (χ2n) is 4.58. The molecule has 0 amide bonds. The number of nitrogens with two attached hydrogens (primary N) is 1. The minimum Gasteiger partial charge on any atom is -0.409 e. The maximum Gasteiger partial charge on any atom is 0.139 e. The Bertz CT molecular complexity index is 390. The molecule has 4 nitrogen and oxygen atoms in total. The van der Waals surface area contributed by atoms with Gasteiger partial charge in [0.15, 0.2) is 0 Å². The molecule has 0 spiro atoms. The van der Waals surface area contributed by atoms with Gasteiger partial charge < -0.3 is 16.3 Å².